The summed E-state index contributed by atoms with van der Waals surface area (Å²) in [5, 5.41) is 6.97. The quantitative estimate of drug-likeness (QED) is 0.568. The maximum Gasteiger partial charge on any atom is 0.191 e. The molecule has 1 unspecified atom stereocenters. The van der Waals surface area contributed by atoms with Gasteiger partial charge >= 0.3 is 0 Å². The molecule has 1 saturated heterocycles. The van der Waals surface area contributed by atoms with Crippen molar-refractivity contribution in [2.24, 2.45) is 4.99 Å². The highest BCUT2D eigenvalue weighted by molar-refractivity contribution is 5.80. The topological polar surface area (TPSA) is 58.1 Å². The summed E-state index contributed by atoms with van der Waals surface area (Å²) in [6, 6.07) is 0.247. The molecule has 2 aliphatic rings. The first-order chi connectivity index (χ1) is 11.2. The Kier molecular flexibility index (Phi) is 7.59. The first-order valence-corrected chi connectivity index (χ1v) is 8.99. The second-order valence-electron chi connectivity index (χ2n) is 6.81. The number of hydrogen-bond acceptors (Lipinski definition) is 4. The Morgan fingerprint density at radius 3 is 2.57 bits per heavy atom. The Hall–Kier alpha value is -0.850. The van der Waals surface area contributed by atoms with Crippen molar-refractivity contribution < 1.29 is 9.47 Å². The summed E-state index contributed by atoms with van der Waals surface area (Å²) in [5.41, 5.74) is 0.254. The van der Waals surface area contributed by atoms with Crippen LogP contribution in [0.25, 0.3) is 0 Å². The monoisotopic (exact) mass is 326 g/mol. The van der Waals surface area contributed by atoms with E-state index in [0.29, 0.717) is 6.61 Å². The van der Waals surface area contributed by atoms with Gasteiger partial charge in [0.25, 0.3) is 0 Å². The summed E-state index contributed by atoms with van der Waals surface area (Å²) >= 11 is 0. The minimum absolute atomic E-state index is 0.247. The van der Waals surface area contributed by atoms with Crippen LogP contribution in [0.1, 0.15) is 39.0 Å². The summed E-state index contributed by atoms with van der Waals surface area (Å²) in [6.07, 6.45) is 6.55. The molecule has 1 saturated carbocycles. The van der Waals surface area contributed by atoms with E-state index in [2.05, 4.69) is 27.4 Å². The van der Waals surface area contributed by atoms with Crippen molar-refractivity contribution in [3.05, 3.63) is 0 Å². The third kappa shape index (κ3) is 5.33. The summed E-state index contributed by atoms with van der Waals surface area (Å²) in [6.45, 7) is 7.55. The zero-order valence-electron chi connectivity index (χ0n) is 15.1. The van der Waals surface area contributed by atoms with E-state index in [1.807, 2.05) is 7.05 Å². The molecule has 1 atom stereocenters. The molecule has 2 fully saturated rings. The van der Waals surface area contributed by atoms with Crippen LogP contribution >= 0.6 is 0 Å². The summed E-state index contributed by atoms with van der Waals surface area (Å²) < 4.78 is 10.7. The highest BCUT2D eigenvalue weighted by Crippen LogP contribution is 2.33. The Morgan fingerprint density at radius 2 is 1.96 bits per heavy atom. The molecular formula is C17H34N4O2. The van der Waals surface area contributed by atoms with Crippen molar-refractivity contribution in [1.82, 2.24) is 15.5 Å². The van der Waals surface area contributed by atoms with E-state index < -0.39 is 0 Å². The number of guanidine groups is 1. The van der Waals surface area contributed by atoms with E-state index in [0.717, 1.165) is 38.8 Å². The van der Waals surface area contributed by atoms with Gasteiger partial charge in [0.1, 0.15) is 0 Å². The Bertz CT molecular complexity index is 364. The molecule has 0 radical (unpaired) electrons. The largest absolute Gasteiger partial charge is 0.383 e. The van der Waals surface area contributed by atoms with Crippen LogP contribution in [0.5, 0.6) is 0 Å². The van der Waals surface area contributed by atoms with Gasteiger partial charge in [-0.15, -0.1) is 0 Å². The lowest BCUT2D eigenvalue weighted by molar-refractivity contribution is -0.0353. The van der Waals surface area contributed by atoms with Gasteiger partial charge in [-0.2, -0.15) is 0 Å². The third-order valence-corrected chi connectivity index (χ3v) is 5.07. The summed E-state index contributed by atoms with van der Waals surface area (Å²) in [5.74, 6) is 0.868. The Labute approximate surface area is 141 Å². The average Bonchev–Trinajstić information content (AvgIpc) is 2.60. The SMILES string of the molecule is CN=C(NCC1(N2CCOCC2)CCCCC1)NC(C)COC. The fraction of sp³-hybridized carbons (Fsp3) is 0.941. The molecule has 0 amide bonds. The number of nitrogens with one attached hydrogen (secondary N) is 2. The van der Waals surface area contributed by atoms with Gasteiger partial charge in [0.2, 0.25) is 0 Å². The fourth-order valence-electron chi connectivity index (χ4n) is 3.82. The third-order valence-electron chi connectivity index (χ3n) is 5.07. The Balaban J connectivity index is 1.94. The highest BCUT2D eigenvalue weighted by Gasteiger charge is 2.38. The van der Waals surface area contributed by atoms with Gasteiger partial charge < -0.3 is 20.1 Å². The zero-order valence-corrected chi connectivity index (χ0v) is 15.1. The molecular weight excluding hydrogens is 292 g/mol. The smallest absolute Gasteiger partial charge is 0.191 e. The second kappa shape index (κ2) is 9.45. The number of methoxy groups -OCH3 is 1. The molecule has 1 aliphatic carbocycles. The fourth-order valence-corrected chi connectivity index (χ4v) is 3.82. The van der Waals surface area contributed by atoms with E-state index in [9.17, 15) is 0 Å². The number of morpholine rings is 1. The molecule has 2 N–H and O–H groups in total. The van der Waals surface area contributed by atoms with E-state index in [-0.39, 0.29) is 11.6 Å². The first-order valence-electron chi connectivity index (χ1n) is 8.99. The van der Waals surface area contributed by atoms with E-state index in [4.69, 9.17) is 9.47 Å². The number of nitrogens with zero attached hydrogens (tertiary/aromatic N) is 2. The molecule has 0 bridgehead atoms. The van der Waals surface area contributed by atoms with Gasteiger partial charge in [-0.25, -0.2) is 0 Å². The van der Waals surface area contributed by atoms with E-state index in [1.165, 1.54) is 32.1 Å². The minimum Gasteiger partial charge on any atom is -0.383 e. The first kappa shape index (κ1) is 18.5. The lowest BCUT2D eigenvalue weighted by Gasteiger charge is -2.48. The maximum atomic E-state index is 5.55. The zero-order chi connectivity index (χ0) is 16.5. The number of hydrogen-bond donors (Lipinski definition) is 2. The van der Waals surface area contributed by atoms with Gasteiger partial charge in [0.05, 0.1) is 19.8 Å². The van der Waals surface area contributed by atoms with Gasteiger partial charge in [-0.3, -0.25) is 9.89 Å². The van der Waals surface area contributed by atoms with Crippen molar-refractivity contribution in [2.45, 2.75) is 50.6 Å². The molecule has 6 heteroatoms. The summed E-state index contributed by atoms with van der Waals surface area (Å²) in [7, 11) is 3.56. The number of rotatable bonds is 6. The molecule has 0 aromatic rings. The minimum atomic E-state index is 0.247. The van der Waals surface area contributed by atoms with Gasteiger partial charge in [-0.1, -0.05) is 19.3 Å². The molecule has 0 aromatic carbocycles. The van der Waals surface area contributed by atoms with Crippen molar-refractivity contribution >= 4 is 5.96 Å². The number of aliphatic imine (C=N–C) groups is 1. The van der Waals surface area contributed by atoms with Gasteiger partial charge in [0.15, 0.2) is 5.96 Å². The van der Waals surface area contributed by atoms with E-state index >= 15 is 0 Å². The molecule has 6 nitrogen and oxygen atoms in total. The van der Waals surface area contributed by atoms with Crippen LogP contribution in [0, 0.1) is 0 Å². The Morgan fingerprint density at radius 1 is 1.26 bits per heavy atom. The standard InChI is InChI=1S/C17H34N4O2/c1-15(13-22-3)20-16(18-2)19-14-17(7-5-4-6-8-17)21-9-11-23-12-10-21/h15H,4-14H2,1-3H3,(H2,18,19,20). The van der Waals surface area contributed by atoms with Crippen molar-refractivity contribution in [1.29, 1.82) is 0 Å². The normalized spacial score (nSPS) is 24.2. The van der Waals surface area contributed by atoms with Crippen molar-refractivity contribution in [3.63, 3.8) is 0 Å². The molecule has 0 spiro atoms. The highest BCUT2D eigenvalue weighted by atomic mass is 16.5. The molecule has 1 aliphatic heterocycles. The van der Waals surface area contributed by atoms with Crippen LogP contribution < -0.4 is 10.6 Å². The molecule has 0 aromatic heterocycles. The average molecular weight is 326 g/mol. The van der Waals surface area contributed by atoms with Crippen LogP contribution in [0.4, 0.5) is 0 Å². The lowest BCUT2D eigenvalue weighted by atomic mass is 9.80. The summed E-state index contributed by atoms with van der Waals surface area (Å²) in [4.78, 5) is 7.01. The maximum absolute atomic E-state index is 5.55. The molecule has 134 valence electrons. The number of ether oxygens (including phenoxy) is 2. The molecule has 1 heterocycles. The molecule has 2 rings (SSSR count). The lowest BCUT2D eigenvalue weighted by Crippen LogP contribution is -2.61. The van der Waals surface area contributed by atoms with Gasteiger partial charge in [-0.05, 0) is 19.8 Å². The predicted octanol–water partition coefficient (Wildman–Crippen LogP) is 1.22. The van der Waals surface area contributed by atoms with Crippen LogP contribution in [-0.2, 0) is 9.47 Å². The molecule has 23 heavy (non-hydrogen) atoms. The second-order valence-corrected chi connectivity index (χ2v) is 6.81. The van der Waals surface area contributed by atoms with Crippen molar-refractivity contribution in [3.8, 4) is 0 Å². The van der Waals surface area contributed by atoms with Crippen molar-refractivity contribution in [2.75, 3.05) is 53.6 Å². The van der Waals surface area contributed by atoms with Gasteiger partial charge in [0, 0.05) is 45.4 Å². The van der Waals surface area contributed by atoms with Crippen LogP contribution in [-0.4, -0.2) is 76.1 Å². The van der Waals surface area contributed by atoms with E-state index in [1.54, 1.807) is 7.11 Å². The van der Waals surface area contributed by atoms with Crippen LogP contribution in [0.3, 0.4) is 0 Å². The predicted molar refractivity (Wildman–Crippen MR) is 94.0 cm³/mol. The van der Waals surface area contributed by atoms with Crippen LogP contribution in [0.2, 0.25) is 0 Å². The van der Waals surface area contributed by atoms with Crippen LogP contribution in [0.15, 0.2) is 4.99 Å².